The Morgan fingerprint density at radius 1 is 1.16 bits per heavy atom. The topological polar surface area (TPSA) is 58.8 Å². The molecule has 0 aliphatic rings. The summed E-state index contributed by atoms with van der Waals surface area (Å²) in [7, 11) is 0. The van der Waals surface area contributed by atoms with Crippen molar-refractivity contribution in [2.45, 2.75) is 33.6 Å². The third-order valence-corrected chi connectivity index (χ3v) is 4.14. The van der Waals surface area contributed by atoms with Crippen LogP contribution in [0.1, 0.15) is 52.6 Å². The number of fused-ring (bicyclic) bond motifs is 1. The second-order valence-corrected chi connectivity index (χ2v) is 6.50. The van der Waals surface area contributed by atoms with Crippen LogP contribution in [0.2, 0.25) is 0 Å². The average molecular weight is 334 g/mol. The number of benzene rings is 1. The minimum atomic E-state index is -0.273. The van der Waals surface area contributed by atoms with Crippen LogP contribution in [0.15, 0.2) is 47.7 Å². The summed E-state index contributed by atoms with van der Waals surface area (Å²) >= 11 is 0. The first kappa shape index (κ1) is 16.9. The van der Waals surface area contributed by atoms with Crippen LogP contribution in [0.5, 0.6) is 0 Å². The summed E-state index contributed by atoms with van der Waals surface area (Å²) in [5, 5.41) is 4.08. The van der Waals surface area contributed by atoms with Gasteiger partial charge in [0.15, 0.2) is 0 Å². The van der Waals surface area contributed by atoms with Crippen molar-refractivity contribution >= 4 is 17.8 Å². The summed E-state index contributed by atoms with van der Waals surface area (Å²) in [5.41, 5.74) is 7.81. The number of imidazole rings is 1. The fourth-order valence-electron chi connectivity index (χ4n) is 2.73. The molecule has 0 aliphatic carbocycles. The van der Waals surface area contributed by atoms with Crippen LogP contribution in [0.25, 0.3) is 5.65 Å². The Morgan fingerprint density at radius 2 is 1.88 bits per heavy atom. The molecule has 128 valence electrons. The number of hydrogen-bond acceptors (Lipinski definition) is 3. The first-order valence-electron chi connectivity index (χ1n) is 8.34. The molecule has 3 rings (SSSR count). The second kappa shape index (κ2) is 6.89. The molecule has 5 nitrogen and oxygen atoms in total. The van der Waals surface area contributed by atoms with Crippen molar-refractivity contribution in [3.8, 4) is 0 Å². The Morgan fingerprint density at radius 3 is 2.56 bits per heavy atom. The number of aryl methyl sites for hydroxylation is 2. The molecule has 0 radical (unpaired) electrons. The molecule has 3 aromatic rings. The molecule has 1 N–H and O–H groups in total. The van der Waals surface area contributed by atoms with Gasteiger partial charge in [-0.2, -0.15) is 5.10 Å². The van der Waals surface area contributed by atoms with Crippen LogP contribution in [0, 0.1) is 13.8 Å². The van der Waals surface area contributed by atoms with E-state index in [4.69, 9.17) is 0 Å². The maximum absolute atomic E-state index is 12.5. The van der Waals surface area contributed by atoms with Gasteiger partial charge >= 0.3 is 0 Å². The minimum Gasteiger partial charge on any atom is -0.295 e. The lowest BCUT2D eigenvalue weighted by atomic mass is 10.0. The van der Waals surface area contributed by atoms with Crippen LogP contribution < -0.4 is 5.43 Å². The van der Waals surface area contributed by atoms with Gasteiger partial charge in [-0.05, 0) is 42.5 Å². The van der Waals surface area contributed by atoms with Crippen molar-refractivity contribution in [2.75, 3.05) is 0 Å². The van der Waals surface area contributed by atoms with Gasteiger partial charge in [0, 0.05) is 6.20 Å². The van der Waals surface area contributed by atoms with E-state index in [0.29, 0.717) is 17.3 Å². The molecule has 0 spiro atoms. The van der Waals surface area contributed by atoms with Gasteiger partial charge in [0.1, 0.15) is 11.3 Å². The summed E-state index contributed by atoms with van der Waals surface area (Å²) in [6.45, 7) is 8.12. The van der Waals surface area contributed by atoms with Crippen molar-refractivity contribution in [3.05, 3.63) is 70.7 Å². The molecule has 0 bridgehead atoms. The van der Waals surface area contributed by atoms with Crippen molar-refractivity contribution in [2.24, 2.45) is 5.10 Å². The van der Waals surface area contributed by atoms with Crippen LogP contribution in [0.4, 0.5) is 0 Å². The molecule has 0 aliphatic heterocycles. The quantitative estimate of drug-likeness (QED) is 0.582. The largest absolute Gasteiger partial charge is 0.295 e. The fourth-order valence-corrected chi connectivity index (χ4v) is 2.73. The number of carbonyl (C=O) groups excluding carboxylic acids is 1. The number of rotatable bonds is 4. The molecule has 0 unspecified atom stereocenters. The first-order valence-corrected chi connectivity index (χ1v) is 8.34. The van der Waals surface area contributed by atoms with Crippen molar-refractivity contribution in [1.29, 1.82) is 0 Å². The molecule has 0 saturated heterocycles. The molecular weight excluding hydrogens is 312 g/mol. The highest BCUT2D eigenvalue weighted by atomic mass is 16.2. The Labute approximate surface area is 147 Å². The third-order valence-electron chi connectivity index (χ3n) is 4.14. The van der Waals surface area contributed by atoms with E-state index < -0.39 is 0 Å². The van der Waals surface area contributed by atoms with E-state index in [2.05, 4.69) is 41.5 Å². The SMILES string of the molecule is Cc1ccc2nc(C)c(C(=O)N/N=C\c3ccc(C(C)C)cc3)n2c1. The lowest BCUT2D eigenvalue weighted by Gasteiger charge is -2.05. The summed E-state index contributed by atoms with van der Waals surface area (Å²) in [5.74, 6) is 0.220. The molecule has 25 heavy (non-hydrogen) atoms. The number of pyridine rings is 1. The number of aromatic nitrogens is 2. The van der Waals surface area contributed by atoms with Gasteiger partial charge in [0.2, 0.25) is 0 Å². The standard InChI is InChI=1S/C20H22N4O/c1-13(2)17-8-6-16(7-9-17)11-21-23-20(25)19-15(4)22-18-10-5-14(3)12-24(18)19/h5-13H,1-4H3,(H,23,25)/b21-11-. The molecule has 2 aromatic heterocycles. The zero-order valence-electron chi connectivity index (χ0n) is 14.9. The molecule has 0 atom stereocenters. The van der Waals surface area contributed by atoms with E-state index in [9.17, 15) is 4.79 Å². The van der Waals surface area contributed by atoms with E-state index in [0.717, 1.165) is 16.8 Å². The van der Waals surface area contributed by atoms with Gasteiger partial charge in [-0.3, -0.25) is 9.20 Å². The normalized spacial score (nSPS) is 11.6. The van der Waals surface area contributed by atoms with Crippen LogP contribution >= 0.6 is 0 Å². The van der Waals surface area contributed by atoms with Gasteiger partial charge in [0.25, 0.3) is 5.91 Å². The Hall–Kier alpha value is -2.95. The van der Waals surface area contributed by atoms with Crippen LogP contribution in [-0.2, 0) is 0 Å². The lowest BCUT2D eigenvalue weighted by Crippen LogP contribution is -2.20. The Bertz CT molecular complexity index is 936. The number of amides is 1. The van der Waals surface area contributed by atoms with E-state index in [-0.39, 0.29) is 5.91 Å². The monoisotopic (exact) mass is 334 g/mol. The highest BCUT2D eigenvalue weighted by Gasteiger charge is 2.16. The Kier molecular flexibility index (Phi) is 4.65. The minimum absolute atomic E-state index is 0.273. The highest BCUT2D eigenvalue weighted by Crippen LogP contribution is 2.14. The molecule has 2 heterocycles. The van der Waals surface area contributed by atoms with E-state index in [1.54, 1.807) is 10.6 Å². The number of carbonyl (C=O) groups is 1. The van der Waals surface area contributed by atoms with Crippen molar-refractivity contribution in [1.82, 2.24) is 14.8 Å². The highest BCUT2D eigenvalue weighted by molar-refractivity contribution is 5.95. The predicted octanol–water partition coefficient (Wildman–Crippen LogP) is 3.84. The van der Waals surface area contributed by atoms with Crippen molar-refractivity contribution in [3.63, 3.8) is 0 Å². The van der Waals surface area contributed by atoms with Gasteiger partial charge in [-0.25, -0.2) is 10.4 Å². The molecule has 1 amide bonds. The third kappa shape index (κ3) is 3.60. The van der Waals surface area contributed by atoms with E-state index in [1.165, 1.54) is 5.56 Å². The first-order chi connectivity index (χ1) is 12.0. The maximum Gasteiger partial charge on any atom is 0.290 e. The number of hydrazone groups is 1. The Balaban J connectivity index is 1.76. The smallest absolute Gasteiger partial charge is 0.290 e. The molecule has 0 saturated carbocycles. The van der Waals surface area contributed by atoms with E-state index >= 15 is 0 Å². The zero-order chi connectivity index (χ0) is 18.0. The number of nitrogens with one attached hydrogen (secondary N) is 1. The maximum atomic E-state index is 12.5. The number of hydrogen-bond donors (Lipinski definition) is 1. The van der Waals surface area contributed by atoms with Crippen LogP contribution in [-0.4, -0.2) is 21.5 Å². The van der Waals surface area contributed by atoms with E-state index in [1.807, 2.05) is 44.3 Å². The summed E-state index contributed by atoms with van der Waals surface area (Å²) < 4.78 is 1.80. The fraction of sp³-hybridized carbons (Fsp3) is 0.250. The zero-order valence-corrected chi connectivity index (χ0v) is 14.9. The van der Waals surface area contributed by atoms with Gasteiger partial charge in [-0.15, -0.1) is 0 Å². The summed E-state index contributed by atoms with van der Waals surface area (Å²) in [6, 6.07) is 12.0. The average Bonchev–Trinajstić information content (AvgIpc) is 2.90. The summed E-state index contributed by atoms with van der Waals surface area (Å²) in [4.78, 5) is 16.9. The predicted molar refractivity (Wildman–Crippen MR) is 100 cm³/mol. The van der Waals surface area contributed by atoms with Gasteiger partial charge in [0.05, 0.1) is 11.9 Å². The summed E-state index contributed by atoms with van der Waals surface area (Å²) in [6.07, 6.45) is 3.55. The number of nitrogens with zero attached hydrogens (tertiary/aromatic N) is 3. The molecule has 0 fully saturated rings. The van der Waals surface area contributed by atoms with Crippen molar-refractivity contribution < 1.29 is 4.79 Å². The van der Waals surface area contributed by atoms with Gasteiger partial charge in [-0.1, -0.05) is 44.2 Å². The molecule has 1 aromatic carbocycles. The second-order valence-electron chi connectivity index (χ2n) is 6.50. The molecular formula is C20H22N4O. The molecule has 5 heteroatoms. The van der Waals surface area contributed by atoms with Crippen LogP contribution in [0.3, 0.4) is 0 Å². The lowest BCUT2D eigenvalue weighted by molar-refractivity contribution is 0.0948. The van der Waals surface area contributed by atoms with Gasteiger partial charge < -0.3 is 0 Å².